The third-order valence-electron chi connectivity index (χ3n) is 3.93. The van der Waals surface area contributed by atoms with Crippen LogP contribution in [0, 0.1) is 0 Å². The molecule has 1 aliphatic rings. The second kappa shape index (κ2) is 7.39. The van der Waals surface area contributed by atoms with Gasteiger partial charge in [-0.05, 0) is 24.3 Å². The average Bonchev–Trinajstić information content (AvgIpc) is 2.65. The van der Waals surface area contributed by atoms with Crippen molar-refractivity contribution < 1.29 is 17.9 Å². The Labute approximate surface area is 158 Å². The third kappa shape index (κ3) is 4.17. The molecule has 0 amide bonds. The average molecular weight is 388 g/mol. The first-order valence-electron chi connectivity index (χ1n) is 8.42. The molecule has 0 unspecified atom stereocenters. The van der Waals surface area contributed by atoms with E-state index in [0.717, 1.165) is 12.3 Å². The molecule has 0 spiro atoms. The molecule has 0 saturated carbocycles. The molecule has 2 N–H and O–H groups in total. The quantitative estimate of drug-likeness (QED) is 0.692. The van der Waals surface area contributed by atoms with Crippen molar-refractivity contribution in [3.05, 3.63) is 54.5 Å². The van der Waals surface area contributed by atoms with E-state index < -0.39 is 11.9 Å². The van der Waals surface area contributed by atoms with Gasteiger partial charge in [-0.3, -0.25) is 9.97 Å². The Bertz CT molecular complexity index is 963. The Morgan fingerprint density at radius 2 is 1.79 bits per heavy atom. The minimum atomic E-state index is -4.53. The van der Waals surface area contributed by atoms with E-state index in [-0.39, 0.29) is 11.7 Å². The summed E-state index contributed by atoms with van der Waals surface area (Å²) >= 11 is 0. The molecule has 1 saturated heterocycles. The molecule has 0 aromatic carbocycles. The van der Waals surface area contributed by atoms with E-state index in [9.17, 15) is 13.2 Å². The second-order valence-corrected chi connectivity index (χ2v) is 6.11. The summed E-state index contributed by atoms with van der Waals surface area (Å²) in [6.45, 7) is 1.12. The van der Waals surface area contributed by atoms with E-state index in [4.69, 9.17) is 4.74 Å². The first-order valence-corrected chi connectivity index (χ1v) is 8.42. The van der Waals surface area contributed by atoms with Crippen LogP contribution in [0.3, 0.4) is 0 Å². The summed E-state index contributed by atoms with van der Waals surface area (Å²) in [5.41, 5.74) is -0.225. The van der Waals surface area contributed by atoms with Crippen LogP contribution in [0.4, 0.5) is 30.5 Å². The number of anilines is 3. The number of ether oxygens (including phenoxy) is 1. The Hall–Kier alpha value is -3.27. The maximum atomic E-state index is 12.9. The zero-order chi connectivity index (χ0) is 19.6. The SMILES string of the molecule is FC(F)(F)c1cc(Nc2cc(NC3COC3)nc(-c3ccccn3)n2)ccn1. The number of pyridine rings is 2. The molecule has 0 aliphatic carbocycles. The van der Waals surface area contributed by atoms with E-state index in [2.05, 4.69) is 30.6 Å². The fraction of sp³-hybridized carbons (Fsp3) is 0.222. The van der Waals surface area contributed by atoms with Gasteiger partial charge >= 0.3 is 6.18 Å². The lowest BCUT2D eigenvalue weighted by molar-refractivity contribution is -0.141. The van der Waals surface area contributed by atoms with Gasteiger partial charge in [-0.15, -0.1) is 0 Å². The minimum Gasteiger partial charge on any atom is -0.377 e. The molecule has 3 aromatic rings. The van der Waals surface area contributed by atoms with E-state index in [1.807, 2.05) is 0 Å². The number of alkyl halides is 3. The summed E-state index contributed by atoms with van der Waals surface area (Å²) in [5, 5.41) is 6.10. The molecule has 7 nitrogen and oxygen atoms in total. The highest BCUT2D eigenvalue weighted by molar-refractivity contribution is 5.63. The first kappa shape index (κ1) is 18.1. The molecule has 10 heteroatoms. The molecular formula is C18H15F3N6O. The lowest BCUT2D eigenvalue weighted by atomic mass is 10.2. The van der Waals surface area contributed by atoms with Crippen molar-refractivity contribution in [2.45, 2.75) is 12.2 Å². The fourth-order valence-corrected chi connectivity index (χ4v) is 2.53. The maximum Gasteiger partial charge on any atom is 0.433 e. The van der Waals surface area contributed by atoms with Crippen molar-refractivity contribution in [2.75, 3.05) is 23.8 Å². The minimum absolute atomic E-state index is 0.122. The smallest absolute Gasteiger partial charge is 0.377 e. The van der Waals surface area contributed by atoms with Crippen molar-refractivity contribution in [3.63, 3.8) is 0 Å². The number of hydrogen-bond donors (Lipinski definition) is 2. The van der Waals surface area contributed by atoms with Gasteiger partial charge in [0, 0.05) is 24.1 Å². The number of aromatic nitrogens is 4. The summed E-state index contributed by atoms with van der Waals surface area (Å²) in [5.74, 6) is 1.20. The largest absolute Gasteiger partial charge is 0.433 e. The van der Waals surface area contributed by atoms with Crippen molar-refractivity contribution in [1.82, 2.24) is 19.9 Å². The fourth-order valence-electron chi connectivity index (χ4n) is 2.53. The summed E-state index contributed by atoms with van der Waals surface area (Å²) in [6.07, 6.45) is -1.82. The standard InChI is InChI=1S/C18H15F3N6O/c19-18(20,21)14-7-11(4-6-23-14)24-15-8-16(25-12-9-28-10-12)27-17(26-15)13-3-1-2-5-22-13/h1-8,12H,9-10H2,(H2,23,24,25,26,27). The monoisotopic (exact) mass is 388 g/mol. The van der Waals surface area contributed by atoms with Crippen LogP contribution in [0.5, 0.6) is 0 Å². The van der Waals surface area contributed by atoms with E-state index in [1.165, 1.54) is 6.07 Å². The molecule has 3 aromatic heterocycles. The zero-order valence-corrected chi connectivity index (χ0v) is 14.4. The molecule has 4 rings (SSSR count). The Kier molecular flexibility index (Phi) is 4.78. The van der Waals surface area contributed by atoms with Crippen LogP contribution >= 0.6 is 0 Å². The van der Waals surface area contributed by atoms with Crippen molar-refractivity contribution >= 4 is 17.3 Å². The van der Waals surface area contributed by atoms with E-state index in [1.54, 1.807) is 30.5 Å². The molecule has 1 fully saturated rings. The van der Waals surface area contributed by atoms with Crippen molar-refractivity contribution in [2.24, 2.45) is 0 Å². The Morgan fingerprint density at radius 1 is 0.964 bits per heavy atom. The normalized spacial score (nSPS) is 14.4. The summed E-state index contributed by atoms with van der Waals surface area (Å²) in [6, 6.07) is 9.43. The Morgan fingerprint density at radius 3 is 2.46 bits per heavy atom. The number of halogens is 3. The topological polar surface area (TPSA) is 84.9 Å². The van der Waals surface area contributed by atoms with Crippen LogP contribution in [-0.4, -0.2) is 39.2 Å². The van der Waals surface area contributed by atoms with Gasteiger partial charge in [0.25, 0.3) is 0 Å². The van der Waals surface area contributed by atoms with Crippen LogP contribution < -0.4 is 10.6 Å². The highest BCUT2D eigenvalue weighted by atomic mass is 19.4. The van der Waals surface area contributed by atoms with Gasteiger partial charge in [-0.25, -0.2) is 9.97 Å². The van der Waals surface area contributed by atoms with Gasteiger partial charge in [0.15, 0.2) is 5.82 Å². The van der Waals surface area contributed by atoms with Gasteiger partial charge in [0.1, 0.15) is 23.0 Å². The molecular weight excluding hydrogens is 373 g/mol. The molecule has 0 atom stereocenters. The van der Waals surface area contributed by atoms with E-state index >= 15 is 0 Å². The summed E-state index contributed by atoms with van der Waals surface area (Å²) in [4.78, 5) is 16.4. The van der Waals surface area contributed by atoms with Crippen molar-refractivity contribution in [1.29, 1.82) is 0 Å². The number of nitrogens with one attached hydrogen (secondary N) is 2. The number of rotatable bonds is 5. The third-order valence-corrected chi connectivity index (χ3v) is 3.93. The molecule has 1 aliphatic heterocycles. The summed E-state index contributed by atoms with van der Waals surface area (Å²) in [7, 11) is 0. The van der Waals surface area contributed by atoms with Gasteiger partial charge in [-0.1, -0.05) is 6.07 Å². The second-order valence-electron chi connectivity index (χ2n) is 6.11. The predicted octanol–water partition coefficient (Wildman–Crippen LogP) is 3.51. The van der Waals surface area contributed by atoms with Crippen molar-refractivity contribution in [3.8, 4) is 11.5 Å². The lowest BCUT2D eigenvalue weighted by Crippen LogP contribution is -2.40. The van der Waals surface area contributed by atoms with Crippen LogP contribution in [-0.2, 0) is 10.9 Å². The number of nitrogens with zero attached hydrogens (tertiary/aromatic N) is 4. The Balaban J connectivity index is 1.66. The zero-order valence-electron chi connectivity index (χ0n) is 14.4. The molecule has 0 bridgehead atoms. The molecule has 28 heavy (non-hydrogen) atoms. The lowest BCUT2D eigenvalue weighted by Gasteiger charge is -2.27. The molecule has 0 radical (unpaired) electrons. The van der Waals surface area contributed by atoms with Gasteiger partial charge in [0.05, 0.1) is 19.3 Å². The number of hydrogen-bond acceptors (Lipinski definition) is 7. The highest BCUT2D eigenvalue weighted by Crippen LogP contribution is 2.30. The van der Waals surface area contributed by atoms with Crippen LogP contribution in [0.2, 0.25) is 0 Å². The van der Waals surface area contributed by atoms with E-state index in [0.29, 0.717) is 36.4 Å². The highest BCUT2D eigenvalue weighted by Gasteiger charge is 2.32. The van der Waals surface area contributed by atoms with Gasteiger partial charge in [0.2, 0.25) is 0 Å². The first-order chi connectivity index (χ1) is 13.5. The summed E-state index contributed by atoms with van der Waals surface area (Å²) < 4.78 is 43.8. The predicted molar refractivity (Wildman–Crippen MR) is 96.0 cm³/mol. The molecule has 4 heterocycles. The van der Waals surface area contributed by atoms with Gasteiger partial charge in [-0.2, -0.15) is 13.2 Å². The van der Waals surface area contributed by atoms with Crippen LogP contribution in [0.25, 0.3) is 11.5 Å². The van der Waals surface area contributed by atoms with Crippen LogP contribution in [0.1, 0.15) is 5.69 Å². The molecule has 144 valence electrons. The van der Waals surface area contributed by atoms with Crippen LogP contribution in [0.15, 0.2) is 48.8 Å². The maximum absolute atomic E-state index is 12.9. The van der Waals surface area contributed by atoms with Gasteiger partial charge < -0.3 is 15.4 Å².